The summed E-state index contributed by atoms with van der Waals surface area (Å²) in [6.07, 6.45) is 1.26. The van der Waals surface area contributed by atoms with Gasteiger partial charge in [0.2, 0.25) is 11.8 Å². The first kappa shape index (κ1) is 34.2. The second-order valence-electron chi connectivity index (χ2n) is 14.7. The van der Waals surface area contributed by atoms with Crippen molar-refractivity contribution in [1.29, 1.82) is 0 Å². The number of morpholine rings is 1. The highest BCUT2D eigenvalue weighted by atomic mass is 16.5. The monoisotopic (exact) mass is 581 g/mol. The Morgan fingerprint density at radius 1 is 0.683 bits per heavy atom. The number of rotatable bonds is 10. The van der Waals surface area contributed by atoms with E-state index in [9.17, 15) is 9.59 Å². The Kier molecular flexibility index (Phi) is 13.3. The number of hydrogen-bond acceptors (Lipinski definition) is 8. The molecule has 0 radical (unpaired) electrons. The molecule has 0 aromatic heterocycles. The van der Waals surface area contributed by atoms with E-state index in [0.29, 0.717) is 19.4 Å². The number of nitrogens with zero attached hydrogens (tertiary/aromatic N) is 5. The van der Waals surface area contributed by atoms with Crippen LogP contribution in [0.5, 0.6) is 0 Å². The van der Waals surface area contributed by atoms with E-state index in [1.54, 1.807) is 0 Å². The second kappa shape index (κ2) is 16.0. The van der Waals surface area contributed by atoms with Crippen molar-refractivity contribution in [2.24, 2.45) is 10.8 Å². The van der Waals surface area contributed by atoms with Crippen molar-refractivity contribution in [3.63, 3.8) is 0 Å². The molecule has 0 aromatic rings. The van der Waals surface area contributed by atoms with Gasteiger partial charge in [0, 0.05) is 78.5 Å². The van der Waals surface area contributed by atoms with Crippen LogP contribution in [0.4, 0.5) is 0 Å². The molecule has 0 N–H and O–H groups in total. The maximum Gasteiger partial charge on any atom is 0.225 e. The molecule has 2 unspecified atom stereocenters. The lowest BCUT2D eigenvalue weighted by Crippen LogP contribution is -2.45. The zero-order valence-corrected chi connectivity index (χ0v) is 27.2. The molecule has 4 rings (SSSR count). The van der Waals surface area contributed by atoms with Crippen LogP contribution in [0.3, 0.4) is 0 Å². The molecule has 0 aliphatic carbocycles. The lowest BCUT2D eigenvalue weighted by molar-refractivity contribution is -0.129. The van der Waals surface area contributed by atoms with Gasteiger partial charge in [-0.3, -0.25) is 19.4 Å². The van der Waals surface area contributed by atoms with E-state index < -0.39 is 0 Å². The highest BCUT2D eigenvalue weighted by Gasteiger charge is 2.33. The molecule has 0 saturated carbocycles. The molecule has 4 saturated heterocycles. The SMILES string of the molecule is CC(C)(C)CN1CC(OCCN2CCOCC2)CC1=O.CN1CCN(CCOC2CC(=O)N(CC(C)(C)C)C2)CC1. The molecule has 41 heavy (non-hydrogen) atoms. The molecule has 4 fully saturated rings. The molecular formula is C31H59N5O5. The minimum absolute atomic E-state index is 0.0749. The second-order valence-corrected chi connectivity index (χ2v) is 14.7. The zero-order chi connectivity index (χ0) is 30.0. The van der Waals surface area contributed by atoms with E-state index in [1.165, 1.54) is 0 Å². The van der Waals surface area contributed by atoms with Gasteiger partial charge in [-0.2, -0.15) is 0 Å². The number of likely N-dealkylation sites (tertiary alicyclic amines) is 2. The Morgan fingerprint density at radius 2 is 1.10 bits per heavy atom. The molecule has 10 nitrogen and oxygen atoms in total. The van der Waals surface area contributed by atoms with Crippen LogP contribution in [-0.4, -0.2) is 161 Å². The van der Waals surface area contributed by atoms with E-state index in [2.05, 4.69) is 63.3 Å². The number of carbonyl (C=O) groups is 2. The third-order valence-electron chi connectivity index (χ3n) is 7.91. The van der Waals surface area contributed by atoms with Crippen LogP contribution >= 0.6 is 0 Å². The van der Waals surface area contributed by atoms with Crippen molar-refractivity contribution < 1.29 is 23.8 Å². The maximum atomic E-state index is 12.0. The van der Waals surface area contributed by atoms with Gasteiger partial charge in [0.25, 0.3) is 0 Å². The molecule has 238 valence electrons. The Morgan fingerprint density at radius 3 is 1.51 bits per heavy atom. The first-order valence-electron chi connectivity index (χ1n) is 15.8. The molecule has 4 aliphatic heterocycles. The van der Waals surface area contributed by atoms with Gasteiger partial charge in [0.1, 0.15) is 0 Å². The van der Waals surface area contributed by atoms with Crippen LogP contribution in [0.15, 0.2) is 0 Å². The van der Waals surface area contributed by atoms with Gasteiger partial charge in [-0.15, -0.1) is 0 Å². The van der Waals surface area contributed by atoms with E-state index in [1.807, 2.05) is 9.80 Å². The standard InChI is InChI=1S/C16H31N3O2.C15H28N2O3/c1-16(2,3)13-19-12-14(11-15(19)20)21-10-9-18-7-5-17(4)6-8-18;1-15(2,3)12-17-11-13(10-14(17)18)20-9-6-16-4-7-19-8-5-16/h14H,5-13H2,1-4H3;13H,4-12H2,1-3H3. The molecule has 2 atom stereocenters. The summed E-state index contributed by atoms with van der Waals surface area (Å²) in [6, 6.07) is 0. The minimum Gasteiger partial charge on any atom is -0.379 e. The van der Waals surface area contributed by atoms with Crippen LogP contribution < -0.4 is 0 Å². The van der Waals surface area contributed by atoms with Crippen molar-refractivity contribution in [1.82, 2.24) is 24.5 Å². The molecule has 0 spiro atoms. The normalized spacial score (nSPS) is 25.6. The molecule has 0 aromatic carbocycles. The van der Waals surface area contributed by atoms with Gasteiger partial charge in [-0.1, -0.05) is 41.5 Å². The Labute approximate surface area is 249 Å². The number of ether oxygens (including phenoxy) is 3. The van der Waals surface area contributed by atoms with Gasteiger partial charge in [-0.25, -0.2) is 0 Å². The summed E-state index contributed by atoms with van der Waals surface area (Å²) in [5.74, 6) is 0.478. The quantitative estimate of drug-likeness (QED) is 0.387. The van der Waals surface area contributed by atoms with Gasteiger partial charge < -0.3 is 28.9 Å². The van der Waals surface area contributed by atoms with Gasteiger partial charge in [0.05, 0.1) is 51.5 Å². The Bertz CT molecular complexity index is 800. The first-order chi connectivity index (χ1) is 19.3. The average molecular weight is 582 g/mol. The predicted molar refractivity (Wildman–Crippen MR) is 162 cm³/mol. The van der Waals surface area contributed by atoms with Gasteiger partial charge in [0.15, 0.2) is 0 Å². The summed E-state index contributed by atoms with van der Waals surface area (Å²) >= 11 is 0. The fraction of sp³-hybridized carbons (Fsp3) is 0.935. The Hall–Kier alpha value is -1.30. The first-order valence-corrected chi connectivity index (χ1v) is 15.8. The summed E-state index contributed by atoms with van der Waals surface area (Å²) < 4.78 is 17.1. The van der Waals surface area contributed by atoms with Crippen LogP contribution in [-0.2, 0) is 23.8 Å². The van der Waals surface area contributed by atoms with Crippen LogP contribution in [0.2, 0.25) is 0 Å². The fourth-order valence-corrected chi connectivity index (χ4v) is 5.74. The number of likely N-dealkylation sites (N-methyl/N-ethyl adjacent to an activating group) is 1. The van der Waals surface area contributed by atoms with Crippen molar-refractivity contribution >= 4 is 11.8 Å². The molecule has 0 bridgehead atoms. The summed E-state index contributed by atoms with van der Waals surface area (Å²) in [5.41, 5.74) is 0.308. The topological polar surface area (TPSA) is 78.0 Å². The van der Waals surface area contributed by atoms with E-state index >= 15 is 0 Å². The van der Waals surface area contributed by atoms with E-state index in [-0.39, 0.29) is 34.9 Å². The number of hydrogen-bond donors (Lipinski definition) is 0. The number of carbonyl (C=O) groups excluding carboxylic acids is 2. The predicted octanol–water partition coefficient (Wildman–Crippen LogP) is 1.88. The summed E-state index contributed by atoms with van der Waals surface area (Å²) in [4.78, 5) is 35.0. The van der Waals surface area contributed by atoms with Crippen LogP contribution in [0.25, 0.3) is 0 Å². The zero-order valence-electron chi connectivity index (χ0n) is 27.2. The third kappa shape index (κ3) is 13.3. The highest BCUT2D eigenvalue weighted by molar-refractivity contribution is 5.79. The molecule has 2 amide bonds. The van der Waals surface area contributed by atoms with E-state index in [0.717, 1.165) is 98.4 Å². The number of piperazine rings is 1. The maximum absolute atomic E-state index is 12.0. The third-order valence-corrected chi connectivity index (χ3v) is 7.91. The summed E-state index contributed by atoms with van der Waals surface area (Å²) in [6.45, 7) is 27.7. The fourth-order valence-electron chi connectivity index (χ4n) is 5.74. The average Bonchev–Trinajstić information content (AvgIpc) is 3.39. The smallest absolute Gasteiger partial charge is 0.225 e. The highest BCUT2D eigenvalue weighted by Crippen LogP contribution is 2.23. The lowest BCUT2D eigenvalue weighted by atomic mass is 9.96. The summed E-state index contributed by atoms with van der Waals surface area (Å²) in [7, 11) is 2.17. The molecule has 10 heteroatoms. The molecule has 4 aliphatic rings. The van der Waals surface area contributed by atoms with Crippen molar-refractivity contribution in [3.8, 4) is 0 Å². The minimum atomic E-state index is 0.0749. The van der Waals surface area contributed by atoms with Crippen molar-refractivity contribution in [3.05, 3.63) is 0 Å². The van der Waals surface area contributed by atoms with Crippen molar-refractivity contribution in [2.45, 2.75) is 66.6 Å². The lowest BCUT2D eigenvalue weighted by Gasteiger charge is -2.32. The Balaban J connectivity index is 0.000000226. The van der Waals surface area contributed by atoms with Crippen LogP contribution in [0.1, 0.15) is 54.4 Å². The van der Waals surface area contributed by atoms with Gasteiger partial charge >= 0.3 is 0 Å². The van der Waals surface area contributed by atoms with E-state index in [4.69, 9.17) is 14.2 Å². The van der Waals surface area contributed by atoms with Gasteiger partial charge in [-0.05, 0) is 17.9 Å². The summed E-state index contributed by atoms with van der Waals surface area (Å²) in [5, 5.41) is 0. The number of amides is 2. The van der Waals surface area contributed by atoms with Crippen LogP contribution in [0, 0.1) is 10.8 Å². The largest absolute Gasteiger partial charge is 0.379 e. The van der Waals surface area contributed by atoms with Crippen molar-refractivity contribution in [2.75, 3.05) is 112 Å². The molecular weight excluding hydrogens is 522 g/mol. The molecule has 4 heterocycles.